The van der Waals surface area contributed by atoms with Gasteiger partial charge in [0.05, 0.1) is 6.54 Å². The summed E-state index contributed by atoms with van der Waals surface area (Å²) in [6.45, 7) is 5.17. The topological polar surface area (TPSA) is 82.5 Å². The Bertz CT molecular complexity index is 506. The quantitative estimate of drug-likeness (QED) is 0.890. The maximum atomic E-state index is 12.1. The third kappa shape index (κ3) is 3.43. The highest BCUT2D eigenvalue weighted by atomic mass is 32.2. The van der Waals surface area contributed by atoms with Crippen molar-refractivity contribution in [2.24, 2.45) is 0 Å². The molecule has 8 heteroatoms. The number of urea groups is 1. The molecule has 1 saturated heterocycles. The lowest BCUT2D eigenvalue weighted by Crippen LogP contribution is -2.51. The Balaban J connectivity index is 1.89. The Morgan fingerprint density at radius 2 is 2.30 bits per heavy atom. The van der Waals surface area contributed by atoms with Gasteiger partial charge < -0.3 is 15.3 Å². The predicted molar refractivity (Wildman–Crippen MR) is 79.4 cm³/mol. The van der Waals surface area contributed by atoms with E-state index in [1.807, 2.05) is 23.6 Å². The van der Waals surface area contributed by atoms with Gasteiger partial charge in [0.25, 0.3) is 0 Å². The maximum Gasteiger partial charge on any atom is 0.355 e. The van der Waals surface area contributed by atoms with E-state index in [4.69, 9.17) is 5.11 Å². The number of nitrogens with one attached hydrogen (secondary N) is 1. The lowest BCUT2D eigenvalue weighted by Gasteiger charge is -2.37. The zero-order chi connectivity index (χ0) is 14.7. The van der Waals surface area contributed by atoms with Crippen LogP contribution >= 0.6 is 23.1 Å². The van der Waals surface area contributed by atoms with Crippen molar-refractivity contribution in [3.8, 4) is 0 Å². The van der Waals surface area contributed by atoms with Crippen molar-refractivity contribution in [2.45, 2.75) is 31.7 Å². The number of carbonyl (C=O) groups is 2. The fraction of sp³-hybridized carbons (Fsp3) is 0.583. The molecular weight excluding hydrogens is 298 g/mol. The van der Waals surface area contributed by atoms with E-state index in [2.05, 4.69) is 17.2 Å². The molecule has 1 aromatic heterocycles. The van der Waals surface area contributed by atoms with Crippen LogP contribution in [0.3, 0.4) is 0 Å². The summed E-state index contributed by atoms with van der Waals surface area (Å²) in [6.07, 6.45) is 0. The molecule has 2 heterocycles. The van der Waals surface area contributed by atoms with Gasteiger partial charge in [0.15, 0.2) is 5.69 Å². The average Bonchev–Trinajstić information content (AvgIpc) is 2.88. The van der Waals surface area contributed by atoms with Crippen LogP contribution in [0, 0.1) is 0 Å². The van der Waals surface area contributed by atoms with Crippen molar-refractivity contribution >= 4 is 35.1 Å². The summed E-state index contributed by atoms with van der Waals surface area (Å²) in [5.74, 6) is -0.103. The van der Waals surface area contributed by atoms with Crippen LogP contribution in [0.15, 0.2) is 5.38 Å². The number of rotatable bonds is 3. The van der Waals surface area contributed by atoms with Gasteiger partial charge >= 0.3 is 12.0 Å². The number of aromatic carboxylic acids is 1. The van der Waals surface area contributed by atoms with Crippen LogP contribution in [-0.4, -0.2) is 50.6 Å². The van der Waals surface area contributed by atoms with Crippen LogP contribution in [0.5, 0.6) is 0 Å². The van der Waals surface area contributed by atoms with E-state index >= 15 is 0 Å². The van der Waals surface area contributed by atoms with E-state index in [9.17, 15) is 9.59 Å². The van der Waals surface area contributed by atoms with Crippen molar-refractivity contribution in [3.63, 3.8) is 0 Å². The molecule has 6 nitrogen and oxygen atoms in total. The molecule has 0 aromatic carbocycles. The van der Waals surface area contributed by atoms with Crippen molar-refractivity contribution in [2.75, 3.05) is 12.3 Å². The number of nitrogens with zero attached hydrogens (tertiary/aromatic N) is 2. The predicted octanol–water partition coefficient (Wildman–Crippen LogP) is 1.88. The number of hydrogen-bond acceptors (Lipinski definition) is 5. The monoisotopic (exact) mass is 315 g/mol. The molecule has 2 atom stereocenters. The molecule has 2 rings (SSSR count). The number of aromatic nitrogens is 1. The third-order valence-electron chi connectivity index (χ3n) is 3.31. The van der Waals surface area contributed by atoms with E-state index in [1.165, 1.54) is 16.7 Å². The maximum absolute atomic E-state index is 12.1. The number of hydrogen-bond donors (Lipinski definition) is 2. The fourth-order valence-corrected chi connectivity index (χ4v) is 3.77. The summed E-state index contributed by atoms with van der Waals surface area (Å²) < 4.78 is 0. The summed E-state index contributed by atoms with van der Waals surface area (Å²) in [5, 5.41) is 14.1. The zero-order valence-corrected chi connectivity index (χ0v) is 13.0. The largest absolute Gasteiger partial charge is 0.476 e. The number of carboxylic acid groups (broad SMARTS) is 1. The lowest BCUT2D eigenvalue weighted by atomic mass is 10.2. The van der Waals surface area contributed by atoms with Gasteiger partial charge in [0, 0.05) is 29.0 Å². The first-order chi connectivity index (χ1) is 9.49. The summed E-state index contributed by atoms with van der Waals surface area (Å²) in [5.41, 5.74) is 0.0237. The summed E-state index contributed by atoms with van der Waals surface area (Å²) in [7, 11) is 0. The molecule has 0 bridgehead atoms. The highest BCUT2D eigenvalue weighted by molar-refractivity contribution is 8.00. The van der Waals surface area contributed by atoms with Crippen LogP contribution in [-0.2, 0) is 6.54 Å². The molecule has 2 amide bonds. The Morgan fingerprint density at radius 3 is 2.95 bits per heavy atom. The Kier molecular flexibility index (Phi) is 4.87. The van der Waals surface area contributed by atoms with Crippen molar-refractivity contribution in [1.82, 2.24) is 15.2 Å². The molecule has 1 aliphatic heterocycles. The second-order valence-corrected chi connectivity index (χ2v) is 7.03. The summed E-state index contributed by atoms with van der Waals surface area (Å²) in [6, 6.07) is 0.0800. The van der Waals surface area contributed by atoms with Gasteiger partial charge in [-0.1, -0.05) is 6.92 Å². The number of amides is 2. The number of carbonyl (C=O) groups excluding carboxylic acids is 1. The van der Waals surface area contributed by atoms with Gasteiger partial charge in [-0.05, 0) is 6.92 Å². The fourth-order valence-electron chi connectivity index (χ4n) is 1.96. The molecule has 1 aliphatic rings. The summed E-state index contributed by atoms with van der Waals surface area (Å²) in [4.78, 5) is 28.6. The first kappa shape index (κ1) is 15.1. The van der Waals surface area contributed by atoms with Crippen LogP contribution in [0.1, 0.15) is 29.3 Å². The first-order valence-electron chi connectivity index (χ1n) is 6.33. The SMILES string of the molecule is CC1SCCN(C(=O)NCc2nc(C(=O)O)cs2)C1C. The standard InChI is InChI=1S/C12H17N3O3S2/c1-7-8(2)19-4-3-15(7)12(18)13-5-10-14-9(6-20-10)11(16)17/h6-8H,3-5H2,1-2H3,(H,13,18)(H,16,17). The van der Waals surface area contributed by atoms with Crippen LogP contribution in [0.4, 0.5) is 4.79 Å². The van der Waals surface area contributed by atoms with Crippen molar-refractivity contribution in [3.05, 3.63) is 16.1 Å². The Hall–Kier alpha value is -1.28. The number of carboxylic acids is 1. The van der Waals surface area contributed by atoms with Crippen molar-refractivity contribution < 1.29 is 14.7 Å². The Labute approximate surface area is 125 Å². The highest BCUT2D eigenvalue weighted by Crippen LogP contribution is 2.24. The minimum atomic E-state index is -1.05. The molecule has 1 fully saturated rings. The molecule has 1 aromatic rings. The number of thiazole rings is 1. The van der Waals surface area contributed by atoms with E-state index in [0.717, 1.165) is 12.3 Å². The molecule has 0 aliphatic carbocycles. The first-order valence-corrected chi connectivity index (χ1v) is 8.25. The van der Waals surface area contributed by atoms with Gasteiger partial charge in [-0.2, -0.15) is 11.8 Å². The molecule has 2 unspecified atom stereocenters. The lowest BCUT2D eigenvalue weighted by molar-refractivity contribution is 0.0691. The molecule has 0 radical (unpaired) electrons. The van der Waals surface area contributed by atoms with Gasteiger partial charge in [-0.15, -0.1) is 11.3 Å². The highest BCUT2D eigenvalue weighted by Gasteiger charge is 2.28. The van der Waals surface area contributed by atoms with Crippen LogP contribution in [0.2, 0.25) is 0 Å². The van der Waals surface area contributed by atoms with E-state index in [1.54, 1.807) is 0 Å². The smallest absolute Gasteiger partial charge is 0.355 e. The van der Waals surface area contributed by atoms with Crippen LogP contribution < -0.4 is 5.32 Å². The van der Waals surface area contributed by atoms with Gasteiger partial charge in [-0.3, -0.25) is 0 Å². The normalized spacial score (nSPS) is 22.6. The zero-order valence-electron chi connectivity index (χ0n) is 11.3. The second-order valence-electron chi connectivity index (χ2n) is 4.60. The van der Waals surface area contributed by atoms with Gasteiger partial charge in [-0.25, -0.2) is 14.6 Å². The molecule has 0 saturated carbocycles. The average molecular weight is 315 g/mol. The summed E-state index contributed by atoms with van der Waals surface area (Å²) >= 11 is 3.11. The van der Waals surface area contributed by atoms with E-state index < -0.39 is 5.97 Å². The van der Waals surface area contributed by atoms with Gasteiger partial charge in [0.1, 0.15) is 5.01 Å². The molecule has 110 valence electrons. The van der Waals surface area contributed by atoms with Gasteiger partial charge in [0.2, 0.25) is 0 Å². The minimum Gasteiger partial charge on any atom is -0.476 e. The third-order valence-corrected chi connectivity index (χ3v) is 5.49. The van der Waals surface area contributed by atoms with Crippen molar-refractivity contribution in [1.29, 1.82) is 0 Å². The Morgan fingerprint density at radius 1 is 1.55 bits per heavy atom. The number of thioether (sulfide) groups is 1. The van der Waals surface area contributed by atoms with E-state index in [0.29, 0.717) is 10.3 Å². The molecule has 0 spiro atoms. The van der Waals surface area contributed by atoms with Crippen LogP contribution in [0.25, 0.3) is 0 Å². The van der Waals surface area contributed by atoms with E-state index in [-0.39, 0.29) is 24.3 Å². The molecular formula is C12H17N3O3S2. The molecule has 20 heavy (non-hydrogen) atoms. The minimum absolute atomic E-state index is 0.0237. The molecule has 2 N–H and O–H groups in total. The second kappa shape index (κ2) is 6.45.